The predicted octanol–water partition coefficient (Wildman–Crippen LogP) is 3.52. The predicted molar refractivity (Wildman–Crippen MR) is 148 cm³/mol. The number of hydrogen-bond acceptors (Lipinski definition) is 9. The normalized spacial score (nSPS) is 16.3. The first-order chi connectivity index (χ1) is 18.7. The Morgan fingerprint density at radius 1 is 1.33 bits per heavy atom. The molecular weight excluding hydrogens is 522 g/mol. The molecule has 0 bridgehead atoms. The van der Waals surface area contributed by atoms with Crippen molar-refractivity contribution in [1.82, 2.24) is 34.5 Å². The SMILES string of the molecule is CC(C)N(C)CC=CC(=O)N1CCC[C@@H](n2nc(C(=O)Nc3nc4cc(Cl)ccc4o3)c3c(N)ncnc32)C1. The summed E-state index contributed by atoms with van der Waals surface area (Å²) in [5.41, 5.74) is 7.62. The summed E-state index contributed by atoms with van der Waals surface area (Å²) in [6, 6.07) is 5.17. The number of nitrogens with two attached hydrogens (primary N) is 1. The quantitative estimate of drug-likeness (QED) is 0.329. The van der Waals surface area contributed by atoms with Crippen molar-refractivity contribution in [3.05, 3.63) is 47.4 Å². The van der Waals surface area contributed by atoms with E-state index in [-0.39, 0.29) is 29.5 Å². The number of aromatic nitrogens is 5. The van der Waals surface area contributed by atoms with Crippen LogP contribution in [0.25, 0.3) is 22.1 Å². The van der Waals surface area contributed by atoms with Crippen LogP contribution in [-0.2, 0) is 4.79 Å². The molecular formula is C26H30ClN9O3. The number of rotatable bonds is 7. The minimum atomic E-state index is -0.571. The molecule has 0 unspecified atom stereocenters. The molecule has 13 heteroatoms. The van der Waals surface area contributed by atoms with Gasteiger partial charge in [0.15, 0.2) is 16.9 Å². The first-order valence-electron chi connectivity index (χ1n) is 12.7. The third-order valence-electron chi connectivity index (χ3n) is 6.89. The molecule has 4 heterocycles. The number of carbonyl (C=O) groups excluding carboxylic acids is 2. The molecule has 5 rings (SSSR count). The highest BCUT2D eigenvalue weighted by molar-refractivity contribution is 6.31. The van der Waals surface area contributed by atoms with E-state index in [1.165, 1.54) is 6.33 Å². The Balaban J connectivity index is 1.38. The molecule has 1 aliphatic heterocycles. The van der Waals surface area contributed by atoms with Crippen molar-refractivity contribution in [3.63, 3.8) is 0 Å². The van der Waals surface area contributed by atoms with E-state index >= 15 is 0 Å². The Labute approximate surface area is 229 Å². The van der Waals surface area contributed by atoms with Gasteiger partial charge >= 0.3 is 6.01 Å². The maximum absolute atomic E-state index is 13.3. The molecule has 1 fully saturated rings. The van der Waals surface area contributed by atoms with E-state index in [1.807, 2.05) is 13.1 Å². The van der Waals surface area contributed by atoms with Crippen LogP contribution in [0.15, 0.2) is 41.1 Å². The maximum atomic E-state index is 13.3. The number of oxazole rings is 1. The van der Waals surface area contributed by atoms with Crippen LogP contribution >= 0.6 is 11.6 Å². The fraction of sp³-hybridized carbons (Fsp3) is 0.385. The third kappa shape index (κ3) is 5.57. The molecule has 0 spiro atoms. The van der Waals surface area contributed by atoms with Crippen molar-refractivity contribution in [1.29, 1.82) is 0 Å². The molecule has 39 heavy (non-hydrogen) atoms. The lowest BCUT2D eigenvalue weighted by molar-refractivity contribution is -0.127. The van der Waals surface area contributed by atoms with Crippen LogP contribution < -0.4 is 11.1 Å². The molecule has 4 aromatic rings. The van der Waals surface area contributed by atoms with Gasteiger partial charge in [0.05, 0.1) is 11.4 Å². The fourth-order valence-corrected chi connectivity index (χ4v) is 4.68. The van der Waals surface area contributed by atoms with Gasteiger partial charge in [0.25, 0.3) is 5.91 Å². The summed E-state index contributed by atoms with van der Waals surface area (Å²) in [5, 5.41) is 8.08. The summed E-state index contributed by atoms with van der Waals surface area (Å²) in [6.07, 6.45) is 6.38. The molecule has 2 amide bonds. The van der Waals surface area contributed by atoms with E-state index in [2.05, 4.69) is 44.1 Å². The number of fused-ring (bicyclic) bond motifs is 2. The Bertz CT molecular complexity index is 1560. The van der Waals surface area contributed by atoms with Crippen molar-refractivity contribution in [2.75, 3.05) is 37.7 Å². The first kappa shape index (κ1) is 26.6. The van der Waals surface area contributed by atoms with E-state index in [4.69, 9.17) is 21.8 Å². The summed E-state index contributed by atoms with van der Waals surface area (Å²) in [6.45, 7) is 5.97. The monoisotopic (exact) mass is 551 g/mol. The molecule has 204 valence electrons. The molecule has 1 aromatic carbocycles. The number of likely N-dealkylation sites (N-methyl/N-ethyl adjacent to an activating group) is 1. The van der Waals surface area contributed by atoms with Gasteiger partial charge in [-0.05, 0) is 51.9 Å². The second kappa shape index (κ2) is 11.0. The number of nitrogens with one attached hydrogen (secondary N) is 1. The van der Waals surface area contributed by atoms with Gasteiger partial charge in [-0.3, -0.25) is 14.9 Å². The maximum Gasteiger partial charge on any atom is 0.302 e. The highest BCUT2D eigenvalue weighted by Crippen LogP contribution is 2.29. The van der Waals surface area contributed by atoms with Crippen LogP contribution in [-0.4, -0.2) is 79.1 Å². The van der Waals surface area contributed by atoms with E-state index in [0.29, 0.717) is 52.8 Å². The molecule has 12 nitrogen and oxygen atoms in total. The van der Waals surface area contributed by atoms with Crippen molar-refractivity contribution in [2.24, 2.45) is 0 Å². The molecule has 1 saturated heterocycles. The molecule has 3 aromatic heterocycles. The molecule has 3 N–H and O–H groups in total. The largest absolute Gasteiger partial charge is 0.423 e. The summed E-state index contributed by atoms with van der Waals surface area (Å²) in [4.78, 5) is 42.9. The van der Waals surface area contributed by atoms with Crippen molar-refractivity contribution >= 4 is 57.4 Å². The van der Waals surface area contributed by atoms with Gasteiger partial charge in [-0.15, -0.1) is 0 Å². The van der Waals surface area contributed by atoms with Crippen molar-refractivity contribution < 1.29 is 14.0 Å². The Kier molecular flexibility index (Phi) is 7.49. The van der Waals surface area contributed by atoms with Crippen LogP contribution in [0.1, 0.15) is 43.2 Å². The fourth-order valence-electron chi connectivity index (χ4n) is 4.51. The molecule has 0 radical (unpaired) electrons. The average molecular weight is 552 g/mol. The van der Waals surface area contributed by atoms with Gasteiger partial charge < -0.3 is 20.0 Å². The minimum Gasteiger partial charge on any atom is -0.423 e. The number of likely N-dealkylation sites (tertiary alicyclic amines) is 1. The highest BCUT2D eigenvalue weighted by atomic mass is 35.5. The topological polar surface area (TPSA) is 148 Å². The summed E-state index contributed by atoms with van der Waals surface area (Å²) < 4.78 is 7.30. The lowest BCUT2D eigenvalue weighted by Crippen LogP contribution is -2.40. The van der Waals surface area contributed by atoms with Gasteiger partial charge in [0.1, 0.15) is 17.7 Å². The molecule has 1 aliphatic rings. The van der Waals surface area contributed by atoms with Crippen LogP contribution in [0.4, 0.5) is 11.8 Å². The Morgan fingerprint density at radius 3 is 2.95 bits per heavy atom. The summed E-state index contributed by atoms with van der Waals surface area (Å²) >= 11 is 6.03. The standard InChI is InChI=1S/C26H30ClN9O3/c1-15(2)34(3)10-5-7-20(37)35-11-4-6-17(13-35)36-24-21(23(28)29-14-30-24)22(33-36)25(38)32-26-31-18-12-16(27)8-9-19(18)39-26/h5,7-9,12,14-15,17H,4,6,10-11,13H2,1-3H3,(H2,28,29,30)(H,31,32,38)/t17-/m1/s1. The minimum absolute atomic E-state index is 0.000255. The van der Waals surface area contributed by atoms with E-state index in [9.17, 15) is 9.59 Å². The molecule has 0 saturated carbocycles. The van der Waals surface area contributed by atoms with Crippen LogP contribution in [0, 0.1) is 0 Å². The molecule has 0 aliphatic carbocycles. The number of halogens is 1. The number of carbonyl (C=O) groups is 2. The van der Waals surface area contributed by atoms with Gasteiger partial charge in [0, 0.05) is 36.8 Å². The highest BCUT2D eigenvalue weighted by Gasteiger charge is 2.30. The number of piperidine rings is 1. The number of anilines is 2. The van der Waals surface area contributed by atoms with Gasteiger partial charge in [0.2, 0.25) is 5.91 Å². The van der Waals surface area contributed by atoms with E-state index < -0.39 is 5.91 Å². The lowest BCUT2D eigenvalue weighted by Gasteiger charge is -2.32. The van der Waals surface area contributed by atoms with Gasteiger partial charge in [-0.2, -0.15) is 10.1 Å². The van der Waals surface area contributed by atoms with Crippen LogP contribution in [0.3, 0.4) is 0 Å². The van der Waals surface area contributed by atoms with Gasteiger partial charge in [-0.1, -0.05) is 17.7 Å². The molecule has 1 atom stereocenters. The Hall–Kier alpha value is -4.03. The number of amides is 2. The summed E-state index contributed by atoms with van der Waals surface area (Å²) in [5.74, 6) is -0.503. The number of benzene rings is 1. The average Bonchev–Trinajstić information content (AvgIpc) is 3.50. The zero-order valence-corrected chi connectivity index (χ0v) is 22.7. The number of hydrogen-bond donors (Lipinski definition) is 2. The second-order valence-electron chi connectivity index (χ2n) is 9.85. The lowest BCUT2D eigenvalue weighted by atomic mass is 10.1. The second-order valence-corrected chi connectivity index (χ2v) is 10.3. The number of nitrogens with zero attached hydrogens (tertiary/aromatic N) is 7. The summed E-state index contributed by atoms with van der Waals surface area (Å²) in [7, 11) is 2.01. The van der Waals surface area contributed by atoms with E-state index in [1.54, 1.807) is 33.9 Å². The smallest absolute Gasteiger partial charge is 0.302 e. The number of nitrogen functional groups attached to an aromatic ring is 1. The first-order valence-corrected chi connectivity index (χ1v) is 13.1. The van der Waals surface area contributed by atoms with Gasteiger partial charge in [-0.25, -0.2) is 14.6 Å². The third-order valence-corrected chi connectivity index (χ3v) is 7.13. The van der Waals surface area contributed by atoms with Crippen molar-refractivity contribution in [2.45, 2.75) is 38.8 Å². The van der Waals surface area contributed by atoms with Crippen LogP contribution in [0.5, 0.6) is 0 Å². The van der Waals surface area contributed by atoms with E-state index in [0.717, 1.165) is 12.8 Å². The zero-order chi connectivity index (χ0) is 27.7. The van der Waals surface area contributed by atoms with Crippen molar-refractivity contribution in [3.8, 4) is 0 Å². The Morgan fingerprint density at radius 2 is 2.15 bits per heavy atom. The van der Waals surface area contributed by atoms with Crippen LogP contribution in [0.2, 0.25) is 5.02 Å². The zero-order valence-electron chi connectivity index (χ0n) is 22.0.